The van der Waals surface area contributed by atoms with E-state index in [1.54, 1.807) is 62.1 Å². The molecular formula is C29H33N3O6. The number of methoxy groups -OCH3 is 1. The number of likely N-dealkylation sites (tertiary alicyclic amines) is 1. The van der Waals surface area contributed by atoms with Crippen LogP contribution < -0.4 is 14.2 Å². The highest BCUT2D eigenvalue weighted by Crippen LogP contribution is 2.42. The van der Waals surface area contributed by atoms with Crippen LogP contribution in [0.25, 0.3) is 5.76 Å². The number of Topliss-reactive ketones (excluding diaryl/α,β-unsaturated/α-hetero) is 1. The predicted octanol–water partition coefficient (Wildman–Crippen LogP) is 4.59. The van der Waals surface area contributed by atoms with Gasteiger partial charge in [-0.3, -0.25) is 9.59 Å². The Morgan fingerprint density at radius 1 is 1.03 bits per heavy atom. The van der Waals surface area contributed by atoms with Crippen molar-refractivity contribution in [3.05, 3.63) is 77.9 Å². The molecule has 1 N–H and O–H groups in total. The first-order valence-corrected chi connectivity index (χ1v) is 12.8. The van der Waals surface area contributed by atoms with Crippen LogP contribution in [0.4, 0.5) is 0 Å². The van der Waals surface area contributed by atoms with E-state index in [2.05, 4.69) is 4.98 Å². The first kappa shape index (κ1) is 26.8. The molecule has 0 unspecified atom stereocenters. The molecule has 1 saturated heterocycles. The second-order valence-electron chi connectivity index (χ2n) is 8.86. The number of carbonyl (C=O) groups is 2. The van der Waals surface area contributed by atoms with Crippen LogP contribution in [0.2, 0.25) is 0 Å². The van der Waals surface area contributed by atoms with E-state index < -0.39 is 17.7 Å². The summed E-state index contributed by atoms with van der Waals surface area (Å²) in [5.74, 6) is 0.0853. The lowest BCUT2D eigenvalue weighted by Crippen LogP contribution is -2.31. The zero-order valence-corrected chi connectivity index (χ0v) is 21.9. The van der Waals surface area contributed by atoms with Crippen LogP contribution in [0.1, 0.15) is 43.9 Å². The molecule has 3 aromatic rings. The summed E-state index contributed by atoms with van der Waals surface area (Å²) >= 11 is 0. The smallest absolute Gasteiger partial charge is 0.295 e. The summed E-state index contributed by atoms with van der Waals surface area (Å²) in [4.78, 5) is 32.2. The monoisotopic (exact) mass is 519 g/mol. The Labute approximate surface area is 222 Å². The number of aliphatic hydroxyl groups is 1. The van der Waals surface area contributed by atoms with Gasteiger partial charge in [-0.15, -0.1) is 0 Å². The van der Waals surface area contributed by atoms with Crippen molar-refractivity contribution >= 4 is 17.4 Å². The summed E-state index contributed by atoms with van der Waals surface area (Å²) < 4.78 is 18.8. The van der Waals surface area contributed by atoms with Crippen molar-refractivity contribution < 1.29 is 28.9 Å². The predicted molar refractivity (Wildman–Crippen MR) is 142 cm³/mol. The number of benzene rings is 2. The molecule has 0 bridgehead atoms. The minimum Gasteiger partial charge on any atom is -0.507 e. The van der Waals surface area contributed by atoms with Gasteiger partial charge < -0.3 is 28.8 Å². The average molecular weight is 520 g/mol. The van der Waals surface area contributed by atoms with E-state index in [-0.39, 0.29) is 11.3 Å². The van der Waals surface area contributed by atoms with Crippen molar-refractivity contribution in [3.63, 3.8) is 0 Å². The number of ether oxygens (including phenoxy) is 3. The highest BCUT2D eigenvalue weighted by Gasteiger charge is 2.46. The molecule has 0 aliphatic carbocycles. The third kappa shape index (κ3) is 5.66. The van der Waals surface area contributed by atoms with E-state index in [4.69, 9.17) is 14.2 Å². The minimum atomic E-state index is -0.793. The number of aliphatic hydroxyl groups excluding tert-OH is 1. The molecule has 0 spiro atoms. The number of nitrogens with zero attached hydrogens (tertiary/aromatic N) is 3. The van der Waals surface area contributed by atoms with Crippen LogP contribution in [0.5, 0.6) is 17.2 Å². The summed E-state index contributed by atoms with van der Waals surface area (Å²) in [6.45, 7) is 5.87. The Bertz CT molecular complexity index is 1280. The van der Waals surface area contributed by atoms with Crippen molar-refractivity contribution in [1.29, 1.82) is 0 Å². The van der Waals surface area contributed by atoms with Gasteiger partial charge in [0.2, 0.25) is 0 Å². The van der Waals surface area contributed by atoms with Gasteiger partial charge in [0.05, 0.1) is 38.3 Å². The fourth-order valence-corrected chi connectivity index (χ4v) is 4.52. The number of aromatic nitrogens is 2. The molecule has 0 radical (unpaired) electrons. The van der Waals surface area contributed by atoms with Crippen molar-refractivity contribution in [2.24, 2.45) is 0 Å². The second kappa shape index (κ2) is 12.3. The third-order valence-electron chi connectivity index (χ3n) is 6.32. The topological polar surface area (TPSA) is 103 Å². The fraction of sp³-hybridized carbons (Fsp3) is 0.345. The SMILES string of the molecule is CCCOc1ccc([C@H]2/C(=C(\O)c3ccc(OCC)cc3)C(=O)C(=O)N2CCCn2ccnc2)cc1OC. The normalized spacial score (nSPS) is 16.6. The Morgan fingerprint density at radius 3 is 2.47 bits per heavy atom. The Kier molecular flexibility index (Phi) is 8.68. The average Bonchev–Trinajstić information content (AvgIpc) is 3.54. The maximum atomic E-state index is 13.3. The van der Waals surface area contributed by atoms with Crippen LogP contribution in [0.15, 0.2) is 66.8 Å². The van der Waals surface area contributed by atoms with Gasteiger partial charge in [-0.05, 0) is 61.7 Å². The summed E-state index contributed by atoms with van der Waals surface area (Å²) in [6.07, 6.45) is 6.67. The highest BCUT2D eigenvalue weighted by atomic mass is 16.5. The van der Waals surface area contributed by atoms with Gasteiger partial charge in [0.1, 0.15) is 11.5 Å². The molecule has 1 amide bonds. The number of hydrogen-bond acceptors (Lipinski definition) is 7. The molecular weight excluding hydrogens is 486 g/mol. The lowest BCUT2D eigenvalue weighted by molar-refractivity contribution is -0.139. The van der Waals surface area contributed by atoms with Crippen molar-refractivity contribution in [2.45, 2.75) is 39.3 Å². The fourth-order valence-electron chi connectivity index (χ4n) is 4.52. The molecule has 1 fully saturated rings. The number of carbonyl (C=O) groups excluding carboxylic acids is 2. The molecule has 200 valence electrons. The van der Waals surface area contributed by atoms with Crippen LogP contribution in [-0.2, 0) is 16.1 Å². The van der Waals surface area contributed by atoms with E-state index in [9.17, 15) is 14.7 Å². The molecule has 1 aliphatic rings. The van der Waals surface area contributed by atoms with Gasteiger partial charge in [0.25, 0.3) is 11.7 Å². The molecule has 2 heterocycles. The summed E-state index contributed by atoms with van der Waals surface area (Å²) in [6, 6.07) is 11.3. The van der Waals surface area contributed by atoms with Crippen LogP contribution in [0, 0.1) is 0 Å². The number of imidazole rings is 1. The van der Waals surface area contributed by atoms with Crippen molar-refractivity contribution in [1.82, 2.24) is 14.5 Å². The maximum Gasteiger partial charge on any atom is 0.295 e. The van der Waals surface area contributed by atoms with Crippen LogP contribution in [0.3, 0.4) is 0 Å². The van der Waals surface area contributed by atoms with Crippen LogP contribution >= 0.6 is 0 Å². The van der Waals surface area contributed by atoms with E-state index in [1.807, 2.05) is 24.6 Å². The number of ketones is 1. The van der Waals surface area contributed by atoms with Gasteiger partial charge in [-0.25, -0.2) is 4.98 Å². The van der Waals surface area contributed by atoms with E-state index in [1.165, 1.54) is 4.90 Å². The second-order valence-corrected chi connectivity index (χ2v) is 8.86. The lowest BCUT2D eigenvalue weighted by atomic mass is 9.95. The molecule has 1 aromatic heterocycles. The standard InChI is InChI=1S/C29H33N3O6/c1-4-17-38-23-12-9-21(18-24(23)36-3)26-25(27(33)20-7-10-22(11-8-20)37-5-2)28(34)29(35)32(26)15-6-14-31-16-13-30-19-31/h7-13,16,18-19,26,33H,4-6,14-15,17H2,1-3H3/b27-25+/t26-/m0/s1. The van der Waals surface area contributed by atoms with E-state index >= 15 is 0 Å². The zero-order chi connectivity index (χ0) is 27.1. The Hall–Kier alpha value is -4.27. The Morgan fingerprint density at radius 2 is 1.82 bits per heavy atom. The quantitative estimate of drug-likeness (QED) is 0.212. The minimum absolute atomic E-state index is 0.0334. The molecule has 9 heteroatoms. The summed E-state index contributed by atoms with van der Waals surface area (Å²) in [5.41, 5.74) is 1.09. The number of amides is 1. The first-order valence-electron chi connectivity index (χ1n) is 12.8. The van der Waals surface area contributed by atoms with E-state index in [0.29, 0.717) is 61.1 Å². The number of aryl methyl sites for hydroxylation is 1. The highest BCUT2D eigenvalue weighted by molar-refractivity contribution is 6.46. The van der Waals surface area contributed by atoms with Gasteiger partial charge in [0.15, 0.2) is 11.5 Å². The molecule has 0 saturated carbocycles. The van der Waals surface area contributed by atoms with Gasteiger partial charge >= 0.3 is 0 Å². The summed E-state index contributed by atoms with van der Waals surface area (Å²) in [7, 11) is 1.54. The number of hydrogen-bond donors (Lipinski definition) is 1. The first-order chi connectivity index (χ1) is 18.5. The molecule has 4 rings (SSSR count). The van der Waals surface area contributed by atoms with Gasteiger partial charge in [-0.2, -0.15) is 0 Å². The molecule has 1 atom stereocenters. The maximum absolute atomic E-state index is 13.3. The summed E-state index contributed by atoms with van der Waals surface area (Å²) in [5, 5.41) is 11.3. The third-order valence-corrected chi connectivity index (χ3v) is 6.32. The zero-order valence-electron chi connectivity index (χ0n) is 21.9. The molecule has 1 aliphatic heterocycles. The van der Waals surface area contributed by atoms with Crippen molar-refractivity contribution in [3.8, 4) is 17.2 Å². The Balaban J connectivity index is 1.74. The van der Waals surface area contributed by atoms with Crippen LogP contribution in [-0.4, -0.2) is 58.1 Å². The van der Waals surface area contributed by atoms with Gasteiger partial charge in [0, 0.05) is 31.0 Å². The largest absolute Gasteiger partial charge is 0.507 e. The molecule has 9 nitrogen and oxygen atoms in total. The lowest BCUT2D eigenvalue weighted by Gasteiger charge is -2.26. The molecule has 38 heavy (non-hydrogen) atoms. The number of rotatable bonds is 12. The van der Waals surface area contributed by atoms with Gasteiger partial charge in [-0.1, -0.05) is 13.0 Å². The molecule has 2 aromatic carbocycles. The van der Waals surface area contributed by atoms with Crippen molar-refractivity contribution in [2.75, 3.05) is 26.9 Å². The van der Waals surface area contributed by atoms with E-state index in [0.717, 1.165) is 6.42 Å².